The Morgan fingerprint density at radius 3 is 0.750 bits per heavy atom. The van der Waals surface area contributed by atoms with E-state index in [2.05, 4.69) is 0 Å². The molecule has 0 saturated carbocycles. The van der Waals surface area contributed by atoms with Crippen LogP contribution in [0.5, 0.6) is 0 Å². The molecule has 0 N–H and O–H groups in total. The van der Waals surface area contributed by atoms with E-state index in [-0.39, 0.29) is 37.7 Å². The first-order valence-electron chi connectivity index (χ1n) is 1.31. The molecule has 0 rings (SSSR count). The van der Waals surface area contributed by atoms with Crippen molar-refractivity contribution in [3.8, 4) is 0 Å². The average molecular weight is 212 g/mol. The SMILES string of the molecule is O=S(=O)([O-])F.O=S(=O)([O-])F.[Li+].[Li+]. The molecule has 0 atom stereocenters. The Morgan fingerprint density at radius 2 is 0.750 bits per heavy atom. The summed E-state index contributed by atoms with van der Waals surface area (Å²) in [5.74, 6) is 0. The van der Waals surface area contributed by atoms with Gasteiger partial charge in [-0.2, -0.15) is 0 Å². The Hall–Kier alpha value is 0.875. The fraction of sp³-hybridized carbons (Fsp3) is 0. The Kier molecular flexibility index (Phi) is 16.3. The van der Waals surface area contributed by atoms with Crippen LogP contribution in [0.15, 0.2) is 0 Å². The molecule has 0 aromatic rings. The predicted molar refractivity (Wildman–Crippen MR) is 21.6 cm³/mol. The van der Waals surface area contributed by atoms with Crippen LogP contribution >= 0.6 is 0 Å². The molecule has 64 valence electrons. The smallest absolute Gasteiger partial charge is 0.722 e. The van der Waals surface area contributed by atoms with Crippen LogP contribution in [0, 0.1) is 0 Å². The average Bonchev–Trinajstić information content (AvgIpc) is 1.12. The van der Waals surface area contributed by atoms with E-state index in [1.165, 1.54) is 0 Å². The van der Waals surface area contributed by atoms with Gasteiger partial charge in [0.1, 0.15) is 0 Å². The Labute approximate surface area is 92.2 Å². The van der Waals surface area contributed by atoms with Crippen molar-refractivity contribution >= 4 is 21.0 Å². The third-order valence-electron chi connectivity index (χ3n) is 0. The topological polar surface area (TPSA) is 114 Å². The predicted octanol–water partition coefficient (Wildman–Crippen LogP) is -7.16. The van der Waals surface area contributed by atoms with E-state index in [1.807, 2.05) is 0 Å². The largest absolute Gasteiger partial charge is 1.00 e. The van der Waals surface area contributed by atoms with E-state index >= 15 is 0 Å². The van der Waals surface area contributed by atoms with Crippen molar-refractivity contribution < 1.29 is 71.4 Å². The van der Waals surface area contributed by atoms with Crippen molar-refractivity contribution in [2.45, 2.75) is 0 Å². The zero-order valence-corrected chi connectivity index (χ0v) is 7.65. The quantitative estimate of drug-likeness (QED) is 0.224. The van der Waals surface area contributed by atoms with Gasteiger partial charge in [0, 0.05) is 0 Å². The van der Waals surface area contributed by atoms with Gasteiger partial charge >= 0.3 is 37.7 Å². The first-order chi connectivity index (χ1) is 4.00. The Morgan fingerprint density at radius 1 is 0.750 bits per heavy atom. The fourth-order valence-electron chi connectivity index (χ4n) is 0. The summed E-state index contributed by atoms with van der Waals surface area (Å²) in [4.78, 5) is 0. The first-order valence-corrected chi connectivity index (χ1v) is 3.93. The van der Waals surface area contributed by atoms with Crippen molar-refractivity contribution in [1.82, 2.24) is 0 Å². The maximum Gasteiger partial charge on any atom is 1.00 e. The molecule has 12 heteroatoms. The summed E-state index contributed by atoms with van der Waals surface area (Å²) in [7, 11) is -10.8. The van der Waals surface area contributed by atoms with Gasteiger partial charge in [0.2, 0.25) is 0 Å². The number of hydrogen-bond donors (Lipinski definition) is 0. The molecule has 0 aromatic carbocycles. The zero-order valence-electron chi connectivity index (χ0n) is 6.02. The van der Waals surface area contributed by atoms with Crippen LogP contribution in [-0.4, -0.2) is 25.9 Å². The first kappa shape index (κ1) is 23.1. The Bertz CT molecular complexity index is 218. The second-order valence-electron chi connectivity index (χ2n) is 0.786. The third kappa shape index (κ3) is 1390. The van der Waals surface area contributed by atoms with E-state index in [0.29, 0.717) is 0 Å². The van der Waals surface area contributed by atoms with Crippen LogP contribution in [0.25, 0.3) is 0 Å². The van der Waals surface area contributed by atoms with Crippen molar-refractivity contribution in [3.05, 3.63) is 0 Å². The normalized spacial score (nSPS) is 9.67. The molecule has 0 amide bonds. The minimum Gasteiger partial charge on any atom is -0.722 e. The van der Waals surface area contributed by atoms with Gasteiger partial charge in [0.25, 0.3) is 21.0 Å². The molecule has 0 aromatic heterocycles. The molecular formula is F2Li2O6S2. The molecule has 0 heterocycles. The van der Waals surface area contributed by atoms with E-state index in [9.17, 15) is 7.77 Å². The van der Waals surface area contributed by atoms with Gasteiger partial charge in [-0.05, 0) is 0 Å². The maximum absolute atomic E-state index is 10.1. The number of rotatable bonds is 0. The molecule has 0 aliphatic rings. The second kappa shape index (κ2) is 8.47. The molecule has 6 nitrogen and oxygen atoms in total. The maximum atomic E-state index is 10.1. The molecule has 0 aliphatic carbocycles. The van der Waals surface area contributed by atoms with E-state index < -0.39 is 21.0 Å². The van der Waals surface area contributed by atoms with Gasteiger partial charge in [-0.15, -0.1) is 7.77 Å². The van der Waals surface area contributed by atoms with Crippen LogP contribution in [0.1, 0.15) is 0 Å². The van der Waals surface area contributed by atoms with Crippen molar-refractivity contribution in [2.24, 2.45) is 0 Å². The van der Waals surface area contributed by atoms with Gasteiger partial charge in [-0.25, -0.2) is 16.8 Å². The van der Waals surface area contributed by atoms with Crippen LogP contribution in [0.4, 0.5) is 7.77 Å². The molecule has 0 aliphatic heterocycles. The number of halogens is 2. The summed E-state index contributed by atoms with van der Waals surface area (Å²) in [6, 6.07) is 0. The van der Waals surface area contributed by atoms with Gasteiger partial charge in [-0.1, -0.05) is 0 Å². The van der Waals surface area contributed by atoms with Gasteiger partial charge in [-0.3, -0.25) is 0 Å². The summed E-state index contributed by atoms with van der Waals surface area (Å²) in [6.45, 7) is 0. The summed E-state index contributed by atoms with van der Waals surface area (Å²) < 4.78 is 70.7. The molecule has 0 fully saturated rings. The van der Waals surface area contributed by atoms with Crippen LogP contribution in [0.2, 0.25) is 0 Å². The van der Waals surface area contributed by atoms with E-state index in [0.717, 1.165) is 0 Å². The van der Waals surface area contributed by atoms with E-state index in [4.69, 9.17) is 25.9 Å². The minimum atomic E-state index is -5.42. The van der Waals surface area contributed by atoms with Gasteiger partial charge in [0.05, 0.1) is 0 Å². The molecule has 0 saturated heterocycles. The molecule has 0 radical (unpaired) electrons. The third-order valence-corrected chi connectivity index (χ3v) is 0. The van der Waals surface area contributed by atoms with Crippen molar-refractivity contribution in [1.29, 1.82) is 0 Å². The monoisotopic (exact) mass is 212 g/mol. The van der Waals surface area contributed by atoms with Crippen LogP contribution in [0.3, 0.4) is 0 Å². The summed E-state index contributed by atoms with van der Waals surface area (Å²) in [5, 5.41) is 0. The van der Waals surface area contributed by atoms with Crippen molar-refractivity contribution in [2.75, 3.05) is 0 Å². The second-order valence-corrected chi connectivity index (χ2v) is 2.36. The van der Waals surface area contributed by atoms with Gasteiger partial charge in [0.15, 0.2) is 0 Å². The molecule has 0 unspecified atom stereocenters. The fourth-order valence-corrected chi connectivity index (χ4v) is 0. The number of hydrogen-bond acceptors (Lipinski definition) is 6. The molecule has 0 spiro atoms. The summed E-state index contributed by atoms with van der Waals surface area (Å²) in [5.41, 5.74) is 0. The van der Waals surface area contributed by atoms with Gasteiger partial charge < -0.3 is 9.11 Å². The molecule has 12 heavy (non-hydrogen) atoms. The van der Waals surface area contributed by atoms with E-state index in [1.54, 1.807) is 0 Å². The summed E-state index contributed by atoms with van der Waals surface area (Å²) in [6.07, 6.45) is 0. The molecule has 0 bridgehead atoms. The summed E-state index contributed by atoms with van der Waals surface area (Å²) >= 11 is 0. The standard InChI is InChI=1S/2FHO3S.2Li/c2*1-5(2,3)4;;/h2*(H,2,3,4);;/q;;2*+1/p-2. The molecular weight excluding hydrogens is 212 g/mol. The minimum absolute atomic E-state index is 0. The Balaban J connectivity index is -0.0000000457. The zero-order chi connectivity index (χ0) is 9.00. The van der Waals surface area contributed by atoms with Crippen LogP contribution in [-0.2, 0) is 21.0 Å². The van der Waals surface area contributed by atoms with Crippen LogP contribution < -0.4 is 37.7 Å². The van der Waals surface area contributed by atoms with Crippen molar-refractivity contribution in [3.63, 3.8) is 0 Å².